The van der Waals surface area contributed by atoms with Gasteiger partial charge in [-0.05, 0) is 41.7 Å². The zero-order valence-electron chi connectivity index (χ0n) is 13.8. The van der Waals surface area contributed by atoms with Crippen LogP contribution in [0.1, 0.15) is 37.3 Å². The summed E-state index contributed by atoms with van der Waals surface area (Å²) in [5.41, 5.74) is 4.17. The standard InChI is InChI=1S/C19H21FN2O2/c1-3-14(2)17-6-4-5-7-18(17)24-13-19(23)22-21-12-15-8-10-16(20)11-9-15/h4-12,14H,3,13H2,1-2H3,(H,22,23). The van der Waals surface area contributed by atoms with Gasteiger partial charge in [-0.3, -0.25) is 4.79 Å². The Balaban J connectivity index is 1.86. The van der Waals surface area contributed by atoms with Gasteiger partial charge >= 0.3 is 0 Å². The van der Waals surface area contributed by atoms with Gasteiger partial charge in [0.2, 0.25) is 0 Å². The second kappa shape index (κ2) is 8.82. The number of hydrogen-bond donors (Lipinski definition) is 1. The van der Waals surface area contributed by atoms with Crippen LogP contribution in [-0.4, -0.2) is 18.7 Å². The topological polar surface area (TPSA) is 50.7 Å². The first-order valence-electron chi connectivity index (χ1n) is 7.89. The molecule has 0 radical (unpaired) electrons. The number of benzene rings is 2. The highest BCUT2D eigenvalue weighted by Gasteiger charge is 2.10. The predicted octanol–water partition coefficient (Wildman–Crippen LogP) is 3.87. The minimum absolute atomic E-state index is 0.117. The van der Waals surface area contributed by atoms with E-state index in [-0.39, 0.29) is 18.3 Å². The van der Waals surface area contributed by atoms with E-state index in [9.17, 15) is 9.18 Å². The fourth-order valence-electron chi connectivity index (χ4n) is 2.14. The lowest BCUT2D eigenvalue weighted by atomic mass is 9.98. The van der Waals surface area contributed by atoms with Crippen molar-refractivity contribution in [3.05, 3.63) is 65.5 Å². The van der Waals surface area contributed by atoms with Crippen LogP contribution in [0.5, 0.6) is 5.75 Å². The molecule has 126 valence electrons. The second-order valence-electron chi connectivity index (χ2n) is 5.48. The maximum Gasteiger partial charge on any atom is 0.277 e. The van der Waals surface area contributed by atoms with Crippen LogP contribution in [0.15, 0.2) is 53.6 Å². The lowest BCUT2D eigenvalue weighted by Gasteiger charge is -2.15. The maximum atomic E-state index is 12.8. The van der Waals surface area contributed by atoms with E-state index >= 15 is 0 Å². The maximum absolute atomic E-state index is 12.8. The molecule has 2 rings (SSSR count). The highest BCUT2D eigenvalue weighted by Crippen LogP contribution is 2.28. The molecule has 4 nitrogen and oxygen atoms in total. The Morgan fingerprint density at radius 1 is 1.25 bits per heavy atom. The zero-order chi connectivity index (χ0) is 17.4. The van der Waals surface area contributed by atoms with Crippen molar-refractivity contribution in [2.24, 2.45) is 5.10 Å². The third-order valence-corrected chi connectivity index (χ3v) is 3.69. The van der Waals surface area contributed by atoms with E-state index in [0.29, 0.717) is 17.2 Å². The molecule has 0 spiro atoms. The first-order valence-corrected chi connectivity index (χ1v) is 7.89. The number of nitrogens with zero attached hydrogens (tertiary/aromatic N) is 1. The first kappa shape index (κ1) is 17.7. The third kappa shape index (κ3) is 5.19. The van der Waals surface area contributed by atoms with Gasteiger partial charge in [0, 0.05) is 0 Å². The molecule has 0 saturated heterocycles. The molecule has 1 unspecified atom stereocenters. The zero-order valence-corrected chi connectivity index (χ0v) is 13.8. The molecule has 0 aliphatic rings. The highest BCUT2D eigenvalue weighted by molar-refractivity contribution is 5.82. The second-order valence-corrected chi connectivity index (χ2v) is 5.48. The molecule has 0 aromatic heterocycles. The van der Waals surface area contributed by atoms with Crippen molar-refractivity contribution in [2.45, 2.75) is 26.2 Å². The van der Waals surface area contributed by atoms with Crippen LogP contribution >= 0.6 is 0 Å². The fourth-order valence-corrected chi connectivity index (χ4v) is 2.14. The van der Waals surface area contributed by atoms with Crippen molar-refractivity contribution >= 4 is 12.1 Å². The number of carbonyl (C=O) groups is 1. The summed E-state index contributed by atoms with van der Waals surface area (Å²) in [5, 5.41) is 3.83. The Labute approximate surface area is 141 Å². The average Bonchev–Trinajstić information content (AvgIpc) is 2.61. The van der Waals surface area contributed by atoms with Crippen LogP contribution in [0.4, 0.5) is 4.39 Å². The van der Waals surface area contributed by atoms with Crippen molar-refractivity contribution in [2.75, 3.05) is 6.61 Å². The normalized spacial score (nSPS) is 12.1. The number of para-hydroxylation sites is 1. The Bertz CT molecular complexity index is 699. The molecule has 1 amide bonds. The van der Waals surface area contributed by atoms with Crippen molar-refractivity contribution in [1.29, 1.82) is 0 Å². The molecule has 1 N–H and O–H groups in total. The molecule has 2 aromatic carbocycles. The van der Waals surface area contributed by atoms with Gasteiger partial charge in [-0.2, -0.15) is 5.10 Å². The minimum atomic E-state index is -0.354. The van der Waals surface area contributed by atoms with Crippen molar-refractivity contribution in [3.63, 3.8) is 0 Å². The molecule has 0 aliphatic heterocycles. The molecule has 0 fully saturated rings. The van der Waals surface area contributed by atoms with Gasteiger partial charge in [0.15, 0.2) is 6.61 Å². The van der Waals surface area contributed by atoms with Crippen molar-refractivity contribution in [3.8, 4) is 5.75 Å². The van der Waals surface area contributed by atoms with E-state index in [1.807, 2.05) is 24.3 Å². The summed E-state index contributed by atoms with van der Waals surface area (Å²) in [5.74, 6) is 0.405. The third-order valence-electron chi connectivity index (χ3n) is 3.69. The van der Waals surface area contributed by atoms with Gasteiger partial charge in [0.1, 0.15) is 11.6 Å². The van der Waals surface area contributed by atoms with E-state index in [0.717, 1.165) is 12.0 Å². The molecule has 0 saturated carbocycles. The lowest BCUT2D eigenvalue weighted by Crippen LogP contribution is -2.24. The number of hydrogen-bond acceptors (Lipinski definition) is 3. The number of ether oxygens (including phenoxy) is 1. The lowest BCUT2D eigenvalue weighted by molar-refractivity contribution is -0.123. The molecule has 1 atom stereocenters. The van der Waals surface area contributed by atoms with Gasteiger partial charge in [-0.1, -0.05) is 44.2 Å². The van der Waals surface area contributed by atoms with Gasteiger partial charge in [-0.15, -0.1) is 0 Å². The number of amides is 1. The van der Waals surface area contributed by atoms with E-state index in [2.05, 4.69) is 24.4 Å². The summed E-state index contributed by atoms with van der Waals surface area (Å²) in [7, 11) is 0. The first-order chi connectivity index (χ1) is 11.6. The molecule has 24 heavy (non-hydrogen) atoms. The molecule has 0 bridgehead atoms. The van der Waals surface area contributed by atoms with E-state index < -0.39 is 0 Å². The summed E-state index contributed by atoms with van der Waals surface area (Å²) in [6, 6.07) is 13.5. The summed E-state index contributed by atoms with van der Waals surface area (Å²) < 4.78 is 18.4. The Kier molecular flexibility index (Phi) is 6.49. The molecule has 0 aliphatic carbocycles. The van der Waals surface area contributed by atoms with Crippen LogP contribution in [-0.2, 0) is 4.79 Å². The predicted molar refractivity (Wildman–Crippen MR) is 92.8 cm³/mol. The Hall–Kier alpha value is -2.69. The highest BCUT2D eigenvalue weighted by atomic mass is 19.1. The van der Waals surface area contributed by atoms with Gasteiger partial charge < -0.3 is 4.74 Å². The summed E-state index contributed by atoms with van der Waals surface area (Å²) in [4.78, 5) is 11.8. The monoisotopic (exact) mass is 328 g/mol. The molecular formula is C19H21FN2O2. The number of hydrazone groups is 1. The quantitative estimate of drug-likeness (QED) is 0.619. The van der Waals surface area contributed by atoms with Gasteiger partial charge in [-0.25, -0.2) is 9.82 Å². The minimum Gasteiger partial charge on any atom is -0.483 e. The Morgan fingerprint density at radius 3 is 2.67 bits per heavy atom. The SMILES string of the molecule is CCC(C)c1ccccc1OCC(=O)NN=Cc1ccc(F)cc1. The van der Waals surface area contributed by atoms with Gasteiger partial charge in [0.25, 0.3) is 5.91 Å². The van der Waals surface area contributed by atoms with Crippen LogP contribution in [0.3, 0.4) is 0 Å². The summed E-state index contributed by atoms with van der Waals surface area (Å²) >= 11 is 0. The number of halogens is 1. The van der Waals surface area contributed by atoms with Crippen LogP contribution in [0.25, 0.3) is 0 Å². The summed E-state index contributed by atoms with van der Waals surface area (Å²) in [6.45, 7) is 4.11. The van der Waals surface area contributed by atoms with E-state index in [1.165, 1.54) is 18.3 Å². The number of nitrogens with one attached hydrogen (secondary N) is 1. The Morgan fingerprint density at radius 2 is 1.96 bits per heavy atom. The van der Waals surface area contributed by atoms with Crippen LogP contribution < -0.4 is 10.2 Å². The summed E-state index contributed by atoms with van der Waals surface area (Å²) in [6.07, 6.45) is 2.44. The number of rotatable bonds is 7. The van der Waals surface area contributed by atoms with E-state index in [1.54, 1.807) is 12.1 Å². The largest absolute Gasteiger partial charge is 0.483 e. The number of carbonyl (C=O) groups excluding carboxylic acids is 1. The fraction of sp³-hybridized carbons (Fsp3) is 0.263. The van der Waals surface area contributed by atoms with E-state index in [4.69, 9.17) is 4.74 Å². The average molecular weight is 328 g/mol. The molecule has 2 aromatic rings. The van der Waals surface area contributed by atoms with Crippen LogP contribution in [0, 0.1) is 5.82 Å². The molecular weight excluding hydrogens is 307 g/mol. The molecule has 5 heteroatoms. The molecule has 0 heterocycles. The van der Waals surface area contributed by atoms with Crippen molar-refractivity contribution < 1.29 is 13.9 Å². The smallest absolute Gasteiger partial charge is 0.277 e. The van der Waals surface area contributed by atoms with Gasteiger partial charge in [0.05, 0.1) is 6.21 Å². The van der Waals surface area contributed by atoms with Crippen molar-refractivity contribution in [1.82, 2.24) is 5.43 Å². The van der Waals surface area contributed by atoms with Crippen LogP contribution in [0.2, 0.25) is 0 Å².